The smallest absolute Gasteiger partial charge is 0.353 e. The van der Waals surface area contributed by atoms with Crippen LogP contribution in [0.3, 0.4) is 0 Å². The number of nitrogens with one attached hydrogen (secondary N) is 1. The summed E-state index contributed by atoms with van der Waals surface area (Å²) >= 11 is 0. The standard InChI is InChI=1S/C24H24F4N8O/c1-3-20(33-22(29-2)18-11-30-21-5-4-15(12-36(18)21)24(26,27)28)34-6-7-35(23(37)16-8-17(16)25)19(13-34)14-9-31-32-10-14/h3-5,9-12,16-17,19H,2,6-8,13H2,1H3,(H,31,32)/b20-3+,33-22-/t16-,17+,19?/m1/s1. The predicted octanol–water partition coefficient (Wildman–Crippen LogP) is 3.63. The van der Waals surface area contributed by atoms with Crippen molar-refractivity contribution >= 4 is 24.1 Å². The number of nitrogens with zero attached hydrogens (tertiary/aromatic N) is 7. The van der Waals surface area contributed by atoms with Crippen LogP contribution in [0.2, 0.25) is 0 Å². The summed E-state index contributed by atoms with van der Waals surface area (Å²) in [6.07, 6.45) is 2.03. The van der Waals surface area contributed by atoms with Gasteiger partial charge < -0.3 is 9.80 Å². The number of alkyl halides is 4. The number of fused-ring (bicyclic) bond motifs is 1. The van der Waals surface area contributed by atoms with Crippen molar-refractivity contribution in [3.05, 3.63) is 65.6 Å². The van der Waals surface area contributed by atoms with Crippen molar-refractivity contribution in [1.82, 2.24) is 29.4 Å². The van der Waals surface area contributed by atoms with Crippen LogP contribution in [0, 0.1) is 5.92 Å². The molecule has 3 atom stereocenters. The summed E-state index contributed by atoms with van der Waals surface area (Å²) in [4.78, 5) is 29.3. The van der Waals surface area contributed by atoms with Gasteiger partial charge in [-0.15, -0.1) is 0 Å². The first-order chi connectivity index (χ1) is 17.7. The summed E-state index contributed by atoms with van der Waals surface area (Å²) in [5, 5.41) is 6.75. The van der Waals surface area contributed by atoms with Crippen molar-refractivity contribution in [3.8, 4) is 0 Å². The van der Waals surface area contributed by atoms with Crippen LogP contribution in [0.15, 0.2) is 58.8 Å². The predicted molar refractivity (Wildman–Crippen MR) is 128 cm³/mol. The van der Waals surface area contributed by atoms with Gasteiger partial charge in [0.1, 0.15) is 23.3 Å². The van der Waals surface area contributed by atoms with Crippen LogP contribution in [0.5, 0.6) is 0 Å². The number of amides is 1. The maximum absolute atomic E-state index is 13.6. The molecule has 1 aliphatic heterocycles. The number of aromatic amines is 1. The highest BCUT2D eigenvalue weighted by atomic mass is 19.4. The number of amidine groups is 1. The number of aromatic nitrogens is 4. The molecule has 4 heterocycles. The Morgan fingerprint density at radius 1 is 1.27 bits per heavy atom. The first-order valence-electron chi connectivity index (χ1n) is 11.7. The lowest BCUT2D eigenvalue weighted by Gasteiger charge is -2.42. The molecule has 5 rings (SSSR count). The van der Waals surface area contributed by atoms with E-state index in [1.54, 1.807) is 30.3 Å². The molecule has 2 aliphatic rings. The second kappa shape index (κ2) is 9.45. The van der Waals surface area contributed by atoms with Gasteiger partial charge in [-0.3, -0.25) is 14.3 Å². The fourth-order valence-electron chi connectivity index (χ4n) is 4.53. The van der Waals surface area contributed by atoms with Crippen LogP contribution in [0.25, 0.3) is 5.65 Å². The normalized spacial score (nSPS) is 23.0. The molecule has 1 amide bonds. The van der Waals surface area contributed by atoms with Crippen molar-refractivity contribution in [2.45, 2.75) is 31.7 Å². The number of halogens is 4. The third-order valence-electron chi connectivity index (χ3n) is 6.61. The summed E-state index contributed by atoms with van der Waals surface area (Å²) in [5.74, 6) is -0.228. The van der Waals surface area contributed by atoms with Crippen LogP contribution >= 0.6 is 0 Å². The van der Waals surface area contributed by atoms with Crippen LogP contribution in [0.4, 0.5) is 17.6 Å². The Bertz CT molecular complexity index is 1380. The third kappa shape index (κ3) is 4.72. The Hall–Kier alpha value is -4.03. The molecular formula is C24H24F4N8O. The molecule has 3 aromatic heterocycles. The molecule has 2 fully saturated rings. The second-order valence-corrected chi connectivity index (χ2v) is 8.91. The molecule has 1 saturated heterocycles. The highest BCUT2D eigenvalue weighted by Gasteiger charge is 2.48. The number of carbonyl (C=O) groups is 1. The van der Waals surface area contributed by atoms with Gasteiger partial charge in [0.15, 0.2) is 5.84 Å². The van der Waals surface area contributed by atoms with Crippen LogP contribution in [-0.4, -0.2) is 73.6 Å². The highest BCUT2D eigenvalue weighted by Crippen LogP contribution is 2.39. The number of piperazine rings is 1. The molecule has 1 aliphatic carbocycles. The van der Waals surface area contributed by atoms with E-state index in [4.69, 9.17) is 0 Å². The number of hydrogen-bond acceptors (Lipinski definition) is 5. The SMILES string of the molecule is C=N/C(=N\C(=C/C)N1CCN(C(=O)[C@@H]2C[C@@H]2F)C(c2cn[nH]c2)C1)c1cnc2ccc(C(F)(F)F)cn12. The first-order valence-corrected chi connectivity index (χ1v) is 11.7. The Labute approximate surface area is 209 Å². The average Bonchev–Trinajstić information content (AvgIpc) is 3.26. The largest absolute Gasteiger partial charge is 0.417 e. The zero-order chi connectivity index (χ0) is 26.3. The minimum Gasteiger partial charge on any atom is -0.353 e. The van der Waals surface area contributed by atoms with Crippen molar-refractivity contribution in [1.29, 1.82) is 0 Å². The molecule has 1 N–H and O–H groups in total. The number of H-pyrrole nitrogens is 1. The maximum atomic E-state index is 13.6. The Morgan fingerprint density at radius 2 is 2.05 bits per heavy atom. The second-order valence-electron chi connectivity index (χ2n) is 8.91. The minimum absolute atomic E-state index is 0.0940. The van der Waals surface area contributed by atoms with E-state index >= 15 is 0 Å². The molecule has 194 valence electrons. The molecule has 0 radical (unpaired) electrons. The first kappa shape index (κ1) is 24.7. The van der Waals surface area contributed by atoms with E-state index in [-0.39, 0.29) is 29.9 Å². The Kier molecular flexibility index (Phi) is 6.30. The van der Waals surface area contributed by atoms with Crippen LogP contribution in [-0.2, 0) is 11.0 Å². The van der Waals surface area contributed by atoms with Gasteiger partial charge >= 0.3 is 6.18 Å². The Balaban J connectivity index is 1.44. The van der Waals surface area contributed by atoms with Gasteiger partial charge in [-0.2, -0.15) is 18.3 Å². The quantitative estimate of drug-likeness (QED) is 0.318. The lowest BCUT2D eigenvalue weighted by Crippen LogP contribution is -2.50. The van der Waals surface area contributed by atoms with Crippen molar-refractivity contribution < 1.29 is 22.4 Å². The van der Waals surface area contributed by atoms with Crippen molar-refractivity contribution in [3.63, 3.8) is 0 Å². The molecule has 1 unspecified atom stereocenters. The highest BCUT2D eigenvalue weighted by molar-refractivity contribution is 6.01. The van der Waals surface area contributed by atoms with E-state index in [2.05, 4.69) is 31.9 Å². The summed E-state index contributed by atoms with van der Waals surface area (Å²) < 4.78 is 54.8. The lowest BCUT2D eigenvalue weighted by atomic mass is 10.0. The average molecular weight is 517 g/mol. The fraction of sp³-hybridized carbons (Fsp3) is 0.375. The van der Waals surface area contributed by atoms with E-state index in [0.717, 1.165) is 17.8 Å². The van der Waals surface area contributed by atoms with Crippen LogP contribution in [0.1, 0.15) is 36.2 Å². The molecule has 0 bridgehead atoms. The number of imidazole rings is 1. The molecule has 0 aromatic carbocycles. The van der Waals surface area contributed by atoms with E-state index in [1.165, 1.54) is 16.7 Å². The van der Waals surface area contributed by atoms with Gasteiger partial charge in [0, 0.05) is 37.6 Å². The maximum Gasteiger partial charge on any atom is 0.417 e. The topological polar surface area (TPSA) is 94.2 Å². The van der Waals surface area contributed by atoms with Gasteiger partial charge in [0.25, 0.3) is 0 Å². The van der Waals surface area contributed by atoms with Gasteiger partial charge in [0.2, 0.25) is 5.91 Å². The number of pyridine rings is 1. The van der Waals surface area contributed by atoms with Crippen LogP contribution < -0.4 is 0 Å². The summed E-state index contributed by atoms with van der Waals surface area (Å²) in [5.41, 5.74) is 0.499. The van der Waals surface area contributed by atoms with Crippen molar-refractivity contribution in [2.24, 2.45) is 15.9 Å². The lowest BCUT2D eigenvalue weighted by molar-refractivity contribution is -0.138. The van der Waals surface area contributed by atoms with Gasteiger partial charge in [0.05, 0.1) is 29.9 Å². The number of rotatable bonds is 5. The fourth-order valence-corrected chi connectivity index (χ4v) is 4.53. The van der Waals surface area contributed by atoms with E-state index < -0.39 is 23.8 Å². The molecule has 37 heavy (non-hydrogen) atoms. The molecule has 13 heteroatoms. The summed E-state index contributed by atoms with van der Waals surface area (Å²) in [7, 11) is 0. The van der Waals surface area contributed by atoms with Gasteiger partial charge in [-0.05, 0) is 38.3 Å². The zero-order valence-corrected chi connectivity index (χ0v) is 19.9. The molecule has 9 nitrogen and oxygen atoms in total. The van der Waals surface area contributed by atoms with E-state index in [0.29, 0.717) is 31.1 Å². The Morgan fingerprint density at radius 3 is 2.68 bits per heavy atom. The third-order valence-corrected chi connectivity index (χ3v) is 6.61. The van der Waals surface area contributed by atoms with E-state index in [9.17, 15) is 22.4 Å². The zero-order valence-electron chi connectivity index (χ0n) is 19.9. The van der Waals surface area contributed by atoms with Gasteiger partial charge in [-0.1, -0.05) is 0 Å². The number of hydrogen-bond donors (Lipinski definition) is 1. The summed E-state index contributed by atoms with van der Waals surface area (Å²) in [6, 6.07) is 1.85. The van der Waals surface area contributed by atoms with Crippen molar-refractivity contribution in [2.75, 3.05) is 19.6 Å². The molecular weight excluding hydrogens is 492 g/mol. The monoisotopic (exact) mass is 516 g/mol. The van der Waals surface area contributed by atoms with Gasteiger partial charge in [-0.25, -0.2) is 19.4 Å². The summed E-state index contributed by atoms with van der Waals surface area (Å²) in [6.45, 7) is 6.45. The number of aliphatic imine (C=N–C) groups is 2. The molecule has 0 spiro atoms. The molecule has 3 aromatic rings. The number of allylic oxidation sites excluding steroid dienone is 1. The van der Waals surface area contributed by atoms with E-state index in [1.807, 2.05) is 4.90 Å². The minimum atomic E-state index is -4.52. The molecule has 1 saturated carbocycles. The number of carbonyl (C=O) groups excluding carboxylic acids is 1.